The smallest absolute Gasteiger partial charge is 0.294 e. The normalized spacial score (nSPS) is 11.6. The molecule has 90 valence electrons. The first-order chi connectivity index (χ1) is 7.93. The first-order valence-corrected chi connectivity index (χ1v) is 6.21. The van der Waals surface area contributed by atoms with Crippen LogP contribution in [0.5, 0.6) is 5.75 Å². The first-order valence-electron chi connectivity index (χ1n) is 4.77. The van der Waals surface area contributed by atoms with Gasteiger partial charge in [-0.2, -0.15) is 8.42 Å². The van der Waals surface area contributed by atoms with Crippen molar-refractivity contribution in [1.29, 1.82) is 0 Å². The van der Waals surface area contributed by atoms with E-state index in [1.54, 1.807) is 18.2 Å². The Morgan fingerprint density at radius 2 is 1.88 bits per heavy atom. The largest absolute Gasteiger partial charge is 0.495 e. The van der Waals surface area contributed by atoms with E-state index in [-0.39, 0.29) is 4.90 Å². The van der Waals surface area contributed by atoms with E-state index in [4.69, 9.17) is 15.0 Å². The van der Waals surface area contributed by atoms with Crippen molar-refractivity contribution in [3.05, 3.63) is 30.3 Å². The van der Waals surface area contributed by atoms with Crippen LogP contribution >= 0.6 is 0 Å². The van der Waals surface area contributed by atoms with E-state index in [9.17, 15) is 8.42 Å². The maximum atomic E-state index is 11.0. The van der Waals surface area contributed by atoms with E-state index < -0.39 is 10.1 Å². The van der Waals surface area contributed by atoms with Crippen molar-refractivity contribution < 1.29 is 17.7 Å². The number of rotatable bonds is 2. The molecule has 0 aromatic heterocycles. The highest BCUT2D eigenvalue weighted by molar-refractivity contribution is 7.85. The molecule has 2 aromatic carbocycles. The molecule has 5 nitrogen and oxygen atoms in total. The summed E-state index contributed by atoms with van der Waals surface area (Å²) in [7, 11) is -2.75. The highest BCUT2D eigenvalue weighted by Crippen LogP contribution is 2.31. The summed E-state index contributed by atoms with van der Waals surface area (Å²) in [5.41, 5.74) is 6.18. The molecule has 0 saturated heterocycles. The fourth-order valence-corrected chi connectivity index (χ4v) is 2.15. The monoisotopic (exact) mass is 253 g/mol. The zero-order valence-electron chi connectivity index (χ0n) is 9.04. The Bertz CT molecular complexity index is 679. The van der Waals surface area contributed by atoms with E-state index in [0.29, 0.717) is 16.8 Å². The number of anilines is 1. The van der Waals surface area contributed by atoms with Crippen molar-refractivity contribution in [2.24, 2.45) is 0 Å². The van der Waals surface area contributed by atoms with E-state index >= 15 is 0 Å². The van der Waals surface area contributed by atoms with Crippen molar-refractivity contribution in [1.82, 2.24) is 0 Å². The highest BCUT2D eigenvalue weighted by Gasteiger charge is 2.12. The molecule has 0 bridgehead atoms. The third-order valence-corrected chi connectivity index (χ3v) is 3.36. The molecule has 0 fully saturated rings. The Kier molecular flexibility index (Phi) is 2.68. The Labute approximate surface area is 98.6 Å². The van der Waals surface area contributed by atoms with E-state index in [0.717, 1.165) is 5.39 Å². The Hall–Kier alpha value is -1.79. The quantitative estimate of drug-likeness (QED) is 0.627. The molecular formula is C11H11NO4S. The fraction of sp³-hybridized carbons (Fsp3) is 0.0909. The number of hydrogen-bond donors (Lipinski definition) is 2. The van der Waals surface area contributed by atoms with Gasteiger partial charge in [0, 0.05) is 5.39 Å². The van der Waals surface area contributed by atoms with Gasteiger partial charge >= 0.3 is 0 Å². The van der Waals surface area contributed by atoms with Crippen molar-refractivity contribution in [2.45, 2.75) is 4.90 Å². The molecule has 0 atom stereocenters. The average molecular weight is 253 g/mol. The fourth-order valence-electron chi connectivity index (χ4n) is 1.64. The van der Waals surface area contributed by atoms with Gasteiger partial charge in [0.1, 0.15) is 5.75 Å². The number of benzene rings is 2. The maximum absolute atomic E-state index is 11.0. The van der Waals surface area contributed by atoms with Gasteiger partial charge in [-0.1, -0.05) is 12.1 Å². The minimum atomic E-state index is -4.23. The second-order valence-corrected chi connectivity index (χ2v) is 4.96. The van der Waals surface area contributed by atoms with Gasteiger partial charge in [-0.3, -0.25) is 4.55 Å². The molecule has 0 saturated carbocycles. The molecule has 0 aliphatic heterocycles. The van der Waals surface area contributed by atoms with Crippen molar-refractivity contribution >= 4 is 26.6 Å². The van der Waals surface area contributed by atoms with E-state index in [2.05, 4.69) is 0 Å². The second-order valence-electron chi connectivity index (χ2n) is 3.54. The lowest BCUT2D eigenvalue weighted by atomic mass is 10.1. The molecule has 0 aliphatic rings. The van der Waals surface area contributed by atoms with Gasteiger partial charge in [-0.15, -0.1) is 0 Å². The van der Waals surface area contributed by atoms with Crippen LogP contribution in [0.15, 0.2) is 35.2 Å². The number of ether oxygens (including phenoxy) is 1. The molecule has 0 unspecified atom stereocenters. The minimum absolute atomic E-state index is 0.190. The lowest BCUT2D eigenvalue weighted by molar-refractivity contribution is 0.417. The molecule has 0 radical (unpaired) electrons. The SMILES string of the molecule is COc1ccc2ccc(S(=O)(=O)O)cc2c1N. The summed E-state index contributed by atoms with van der Waals surface area (Å²) in [5.74, 6) is 0.463. The average Bonchev–Trinajstić information content (AvgIpc) is 2.28. The van der Waals surface area contributed by atoms with Crippen LogP contribution in [0.1, 0.15) is 0 Å². The zero-order valence-corrected chi connectivity index (χ0v) is 9.86. The Morgan fingerprint density at radius 3 is 2.47 bits per heavy atom. The zero-order chi connectivity index (χ0) is 12.6. The van der Waals surface area contributed by atoms with Crippen LogP contribution in [0.25, 0.3) is 10.8 Å². The van der Waals surface area contributed by atoms with Crippen LogP contribution in [0, 0.1) is 0 Å². The molecule has 2 aromatic rings. The number of methoxy groups -OCH3 is 1. The Morgan fingerprint density at radius 1 is 1.24 bits per heavy atom. The number of fused-ring (bicyclic) bond motifs is 1. The van der Waals surface area contributed by atoms with Crippen LogP contribution in [-0.2, 0) is 10.1 Å². The Balaban J connectivity index is 2.79. The summed E-state index contributed by atoms with van der Waals surface area (Å²) in [6.45, 7) is 0. The molecule has 2 rings (SSSR count). The van der Waals surface area contributed by atoms with Gasteiger partial charge in [-0.05, 0) is 23.6 Å². The predicted molar refractivity (Wildman–Crippen MR) is 64.7 cm³/mol. The van der Waals surface area contributed by atoms with Gasteiger partial charge in [0.25, 0.3) is 10.1 Å². The van der Waals surface area contributed by atoms with Gasteiger partial charge in [0.2, 0.25) is 0 Å². The summed E-state index contributed by atoms with van der Waals surface area (Å²) in [6, 6.07) is 7.68. The van der Waals surface area contributed by atoms with Crippen LogP contribution in [0.2, 0.25) is 0 Å². The molecule has 6 heteroatoms. The van der Waals surface area contributed by atoms with E-state index in [1.807, 2.05) is 0 Å². The van der Waals surface area contributed by atoms with Gasteiger partial charge < -0.3 is 10.5 Å². The van der Waals surface area contributed by atoms with Gasteiger partial charge in [0.15, 0.2) is 0 Å². The molecule has 0 aliphatic carbocycles. The molecule has 0 heterocycles. The summed E-state index contributed by atoms with van der Waals surface area (Å²) in [4.78, 5) is -0.190. The van der Waals surface area contributed by atoms with Gasteiger partial charge in [0.05, 0.1) is 17.7 Å². The number of nitrogen functional groups attached to an aromatic ring is 1. The first kappa shape index (κ1) is 11.7. The summed E-state index contributed by atoms with van der Waals surface area (Å²) in [6.07, 6.45) is 0. The third kappa shape index (κ3) is 2.04. The minimum Gasteiger partial charge on any atom is -0.495 e. The van der Waals surface area contributed by atoms with Crippen molar-refractivity contribution in [3.8, 4) is 5.75 Å². The van der Waals surface area contributed by atoms with E-state index in [1.165, 1.54) is 19.2 Å². The highest BCUT2D eigenvalue weighted by atomic mass is 32.2. The number of hydrogen-bond acceptors (Lipinski definition) is 4. The molecule has 3 N–H and O–H groups in total. The second kappa shape index (κ2) is 3.90. The summed E-state index contributed by atoms with van der Waals surface area (Å²) in [5, 5.41) is 1.30. The van der Waals surface area contributed by atoms with Crippen molar-refractivity contribution in [2.75, 3.05) is 12.8 Å². The van der Waals surface area contributed by atoms with Crippen LogP contribution < -0.4 is 10.5 Å². The topological polar surface area (TPSA) is 89.6 Å². The van der Waals surface area contributed by atoms with Crippen molar-refractivity contribution in [3.63, 3.8) is 0 Å². The van der Waals surface area contributed by atoms with Crippen LogP contribution in [0.3, 0.4) is 0 Å². The van der Waals surface area contributed by atoms with Crippen LogP contribution in [0.4, 0.5) is 5.69 Å². The summed E-state index contributed by atoms with van der Waals surface area (Å²) < 4.78 is 36.1. The van der Waals surface area contributed by atoms with Crippen LogP contribution in [-0.4, -0.2) is 20.1 Å². The molecule has 0 amide bonds. The molecular weight excluding hydrogens is 242 g/mol. The maximum Gasteiger partial charge on any atom is 0.294 e. The predicted octanol–water partition coefficient (Wildman–Crippen LogP) is 1.68. The molecule has 17 heavy (non-hydrogen) atoms. The van der Waals surface area contributed by atoms with Gasteiger partial charge in [-0.25, -0.2) is 0 Å². The number of nitrogens with two attached hydrogens (primary N) is 1. The molecule has 0 spiro atoms. The lowest BCUT2D eigenvalue weighted by Gasteiger charge is -2.08. The lowest BCUT2D eigenvalue weighted by Crippen LogP contribution is -1.99. The third-order valence-electron chi connectivity index (χ3n) is 2.51. The standard InChI is InChI=1S/C11H11NO4S/c1-16-10-5-3-7-2-4-8(17(13,14)15)6-9(7)11(10)12/h2-6H,12H2,1H3,(H,13,14,15). The summed E-state index contributed by atoms with van der Waals surface area (Å²) >= 11 is 0.